The Kier molecular flexibility index (Phi) is 2.25. The zero-order chi connectivity index (χ0) is 3.41. The first kappa shape index (κ1) is 3.54. The molecule has 0 aliphatic heterocycles. The maximum atomic E-state index is 9.12. The highest BCUT2D eigenvalue weighted by Crippen LogP contribution is 1.46. The minimum Gasteiger partial charge on any atom is -0.878 e. The first-order valence-corrected chi connectivity index (χ1v) is 1.15. The van der Waals surface area contributed by atoms with Crippen LogP contribution < -0.4 is 5.11 Å². The molecule has 0 amide bonds. The molecule has 0 rings (SSSR count). The highest BCUT2D eigenvalue weighted by atomic mass is 16.2. The molecule has 0 aromatic heterocycles. The molecule has 0 aromatic rings. The van der Waals surface area contributed by atoms with Gasteiger partial charge < -0.3 is 5.11 Å². The van der Waals surface area contributed by atoms with Crippen LogP contribution in [0.2, 0.25) is 0 Å². The monoisotopic (exact) mass is 57.0 g/mol. The third-order valence-electron chi connectivity index (χ3n) is 0.136. The maximum Gasteiger partial charge on any atom is -0.0479 e. The topological polar surface area (TPSA) is 23.1 Å². The van der Waals surface area contributed by atoms with Crippen molar-refractivity contribution in [2.24, 2.45) is 0 Å². The van der Waals surface area contributed by atoms with Crippen LogP contribution >= 0.6 is 0 Å². The molecule has 0 fully saturated rings. The van der Waals surface area contributed by atoms with E-state index in [1.807, 2.05) is 0 Å². The van der Waals surface area contributed by atoms with Crippen molar-refractivity contribution in [3.05, 3.63) is 12.3 Å². The highest BCUT2D eigenvalue weighted by Gasteiger charge is 1.23. The fraction of sp³-hybridized carbons (Fsp3) is 0.333. The Hall–Kier alpha value is -0.460. The smallest absolute Gasteiger partial charge is 0.0479 e. The van der Waals surface area contributed by atoms with Gasteiger partial charge in [-0.3, -0.25) is 0 Å². The third kappa shape index (κ3) is 1.54. The van der Waals surface area contributed by atoms with Crippen molar-refractivity contribution in [1.29, 1.82) is 0 Å². The van der Waals surface area contributed by atoms with E-state index in [1.54, 1.807) is 6.92 Å². The van der Waals surface area contributed by atoms with Crippen LogP contribution in [-0.2, 0) is 0 Å². The van der Waals surface area contributed by atoms with E-state index in [1.165, 1.54) is 6.08 Å². The standard InChI is InChI=1S/C3H6O/c1-2-3-4/h2-4H,1H3/p-1/b3-2-. The van der Waals surface area contributed by atoms with Crippen LogP contribution in [0.1, 0.15) is 6.92 Å². The van der Waals surface area contributed by atoms with Gasteiger partial charge in [-0.1, -0.05) is 0 Å². The van der Waals surface area contributed by atoms with Crippen LogP contribution in [0.25, 0.3) is 0 Å². The van der Waals surface area contributed by atoms with Gasteiger partial charge in [-0.05, 0) is 6.92 Å². The van der Waals surface area contributed by atoms with Crippen molar-refractivity contribution in [3.8, 4) is 0 Å². The van der Waals surface area contributed by atoms with Gasteiger partial charge in [0.25, 0.3) is 0 Å². The van der Waals surface area contributed by atoms with E-state index in [2.05, 4.69) is 0 Å². The largest absolute Gasteiger partial charge is 0.878 e. The van der Waals surface area contributed by atoms with Gasteiger partial charge in [0, 0.05) is 0 Å². The van der Waals surface area contributed by atoms with Crippen LogP contribution in [0.15, 0.2) is 12.3 Å². The lowest BCUT2D eigenvalue weighted by Crippen LogP contribution is -1.81. The van der Waals surface area contributed by atoms with Crippen molar-refractivity contribution >= 4 is 0 Å². The summed E-state index contributed by atoms with van der Waals surface area (Å²) in [5.41, 5.74) is 0. The summed E-state index contributed by atoms with van der Waals surface area (Å²) in [6.45, 7) is 1.69. The number of hydrogen-bond acceptors (Lipinski definition) is 1. The van der Waals surface area contributed by atoms with E-state index < -0.39 is 0 Å². The second kappa shape index (κ2) is 2.54. The average molecular weight is 57.1 g/mol. The number of hydrogen-bond donors (Lipinski definition) is 0. The molecule has 0 unspecified atom stereocenters. The molecule has 24 valence electrons. The summed E-state index contributed by atoms with van der Waals surface area (Å²) in [6, 6.07) is 0. The van der Waals surface area contributed by atoms with Crippen molar-refractivity contribution in [3.63, 3.8) is 0 Å². The summed E-state index contributed by atoms with van der Waals surface area (Å²) in [7, 11) is 0. The Bertz CT molecular complexity index is 18.5. The fourth-order valence-corrected chi connectivity index (χ4v) is 0. The zero-order valence-corrected chi connectivity index (χ0v) is 2.56. The van der Waals surface area contributed by atoms with E-state index in [-0.39, 0.29) is 0 Å². The molecule has 0 atom stereocenters. The van der Waals surface area contributed by atoms with E-state index in [0.29, 0.717) is 0 Å². The first-order valence-electron chi connectivity index (χ1n) is 1.15. The van der Waals surface area contributed by atoms with E-state index in [9.17, 15) is 0 Å². The summed E-state index contributed by atoms with van der Waals surface area (Å²) in [5.74, 6) is 0. The quantitative estimate of drug-likeness (QED) is 0.355. The lowest BCUT2D eigenvalue weighted by Gasteiger charge is -1.76. The van der Waals surface area contributed by atoms with Crippen molar-refractivity contribution in [1.82, 2.24) is 0 Å². The summed E-state index contributed by atoms with van der Waals surface area (Å²) in [6.07, 6.45) is 2.19. The van der Waals surface area contributed by atoms with Gasteiger partial charge in [0.1, 0.15) is 0 Å². The van der Waals surface area contributed by atoms with Gasteiger partial charge in [-0.15, -0.1) is 6.08 Å². The van der Waals surface area contributed by atoms with Crippen LogP contribution in [0, 0.1) is 0 Å². The van der Waals surface area contributed by atoms with Crippen molar-refractivity contribution in [2.45, 2.75) is 6.92 Å². The SMILES string of the molecule is C/C=C\[O-]. The Balaban J connectivity index is 2.55. The number of rotatable bonds is 0. The predicted molar refractivity (Wildman–Crippen MR) is 14.8 cm³/mol. The molecule has 0 aliphatic rings. The van der Waals surface area contributed by atoms with Crippen molar-refractivity contribution < 1.29 is 5.11 Å². The molecule has 0 saturated heterocycles. The van der Waals surface area contributed by atoms with Crippen LogP contribution in [0.5, 0.6) is 0 Å². The maximum absolute atomic E-state index is 9.12. The zero-order valence-electron chi connectivity index (χ0n) is 2.56. The van der Waals surface area contributed by atoms with E-state index in [4.69, 9.17) is 5.11 Å². The summed E-state index contributed by atoms with van der Waals surface area (Å²) in [5, 5.41) is 9.12. The van der Waals surface area contributed by atoms with Crippen molar-refractivity contribution in [2.75, 3.05) is 0 Å². The van der Waals surface area contributed by atoms with Gasteiger partial charge in [-0.2, -0.15) is 6.26 Å². The molecule has 1 heteroatoms. The lowest BCUT2D eigenvalue weighted by molar-refractivity contribution is -0.275. The summed E-state index contributed by atoms with van der Waals surface area (Å²) < 4.78 is 0. The molecule has 0 heterocycles. The molecule has 0 spiro atoms. The average Bonchev–Trinajstić information content (AvgIpc) is 1.37. The Labute approximate surface area is 25.6 Å². The second-order valence-corrected chi connectivity index (χ2v) is 0.469. The van der Waals surface area contributed by atoms with Gasteiger partial charge in [-0.25, -0.2) is 0 Å². The van der Waals surface area contributed by atoms with E-state index in [0.717, 1.165) is 6.26 Å². The first-order chi connectivity index (χ1) is 1.91. The molecule has 0 radical (unpaired) electrons. The molecule has 1 nitrogen and oxygen atoms in total. The second-order valence-electron chi connectivity index (χ2n) is 0.469. The summed E-state index contributed by atoms with van der Waals surface area (Å²) in [4.78, 5) is 0. The highest BCUT2D eigenvalue weighted by molar-refractivity contribution is 4.58. The Morgan fingerprint density at radius 3 is 2.00 bits per heavy atom. The molecule has 0 saturated carbocycles. The van der Waals surface area contributed by atoms with Crippen LogP contribution in [0.3, 0.4) is 0 Å². The predicted octanol–water partition coefficient (Wildman–Crippen LogP) is -0.120. The number of allylic oxidation sites excluding steroid dienone is 1. The molecular weight excluding hydrogens is 52.0 g/mol. The Morgan fingerprint density at radius 1 is 1.75 bits per heavy atom. The molecule has 4 heavy (non-hydrogen) atoms. The molecule has 0 bridgehead atoms. The molecule has 0 N–H and O–H groups in total. The summed E-state index contributed by atoms with van der Waals surface area (Å²) >= 11 is 0. The molecule has 0 aromatic carbocycles. The minimum atomic E-state index is 0.750. The third-order valence-corrected chi connectivity index (χ3v) is 0.136. The Morgan fingerprint density at radius 2 is 2.00 bits per heavy atom. The van der Waals surface area contributed by atoms with Gasteiger partial charge in [0.2, 0.25) is 0 Å². The fourth-order valence-electron chi connectivity index (χ4n) is 0. The van der Waals surface area contributed by atoms with E-state index >= 15 is 0 Å². The normalized spacial score (nSPS) is 9.25. The van der Waals surface area contributed by atoms with Gasteiger partial charge in [0.15, 0.2) is 0 Å². The van der Waals surface area contributed by atoms with Gasteiger partial charge >= 0.3 is 0 Å². The molecule has 0 aliphatic carbocycles. The lowest BCUT2D eigenvalue weighted by atomic mass is 10.8. The van der Waals surface area contributed by atoms with Crippen LogP contribution in [-0.4, -0.2) is 0 Å². The molecular formula is C3H5O-. The minimum absolute atomic E-state index is 0.750. The van der Waals surface area contributed by atoms with Crippen LogP contribution in [0.4, 0.5) is 0 Å². The van der Waals surface area contributed by atoms with Gasteiger partial charge in [0.05, 0.1) is 0 Å².